The minimum Gasteiger partial charge on any atom is -0.348 e. The van der Waals surface area contributed by atoms with Crippen LogP contribution in [0.4, 0.5) is 11.5 Å². The minimum absolute atomic E-state index is 0.146. The van der Waals surface area contributed by atoms with E-state index in [1.165, 1.54) is 24.6 Å². The molecule has 1 aromatic carbocycles. The average Bonchev–Trinajstić information content (AvgIpc) is 3.04. The van der Waals surface area contributed by atoms with Gasteiger partial charge in [0.2, 0.25) is 0 Å². The molecule has 0 atom stereocenters. The number of aromatic nitrogens is 2. The second-order valence-electron chi connectivity index (χ2n) is 5.85. The number of nitrogens with one attached hydrogen (secondary N) is 2. The Bertz CT molecular complexity index is 696. The standard InChI is InChI=1S/C17H19BrN4O/c1-11-6-7-14(13(18)8-11)22-16-10-19-15(9-20-16)17(23)21-12-4-2-3-5-12/h6-10,12H,2-5H2,1H3,(H,20,22)(H,21,23). The van der Waals surface area contributed by atoms with E-state index in [-0.39, 0.29) is 11.9 Å². The first kappa shape index (κ1) is 15.9. The highest BCUT2D eigenvalue weighted by molar-refractivity contribution is 9.10. The fraction of sp³-hybridized carbons (Fsp3) is 0.353. The predicted molar refractivity (Wildman–Crippen MR) is 93.9 cm³/mol. The molecule has 5 nitrogen and oxygen atoms in total. The van der Waals surface area contributed by atoms with Crippen molar-refractivity contribution in [2.75, 3.05) is 5.32 Å². The lowest BCUT2D eigenvalue weighted by molar-refractivity contribution is 0.0932. The maximum absolute atomic E-state index is 12.1. The molecule has 120 valence electrons. The van der Waals surface area contributed by atoms with Crippen LogP contribution in [-0.4, -0.2) is 21.9 Å². The third-order valence-corrected chi connectivity index (χ3v) is 4.62. The van der Waals surface area contributed by atoms with Gasteiger partial charge in [-0.2, -0.15) is 0 Å². The zero-order valence-electron chi connectivity index (χ0n) is 13.0. The lowest BCUT2D eigenvalue weighted by Gasteiger charge is -2.12. The van der Waals surface area contributed by atoms with E-state index in [0.29, 0.717) is 11.5 Å². The monoisotopic (exact) mass is 374 g/mol. The van der Waals surface area contributed by atoms with Gasteiger partial charge in [0.05, 0.1) is 18.1 Å². The van der Waals surface area contributed by atoms with Gasteiger partial charge in [0.15, 0.2) is 0 Å². The Morgan fingerprint density at radius 1 is 1.22 bits per heavy atom. The summed E-state index contributed by atoms with van der Waals surface area (Å²) in [6.07, 6.45) is 7.57. The lowest BCUT2D eigenvalue weighted by atomic mass is 10.2. The summed E-state index contributed by atoms with van der Waals surface area (Å²) < 4.78 is 0.961. The zero-order valence-corrected chi connectivity index (χ0v) is 14.6. The molecule has 0 saturated heterocycles. The van der Waals surface area contributed by atoms with Crippen molar-refractivity contribution in [3.05, 3.63) is 46.3 Å². The van der Waals surface area contributed by atoms with E-state index in [1.54, 1.807) is 6.20 Å². The summed E-state index contributed by atoms with van der Waals surface area (Å²) in [5, 5.41) is 6.20. The van der Waals surface area contributed by atoms with Crippen LogP contribution in [0.25, 0.3) is 0 Å². The number of aryl methyl sites for hydroxylation is 1. The van der Waals surface area contributed by atoms with Crippen molar-refractivity contribution in [3.63, 3.8) is 0 Å². The van der Waals surface area contributed by atoms with Crippen LogP contribution in [0, 0.1) is 6.92 Å². The van der Waals surface area contributed by atoms with E-state index in [1.807, 2.05) is 25.1 Å². The maximum Gasteiger partial charge on any atom is 0.271 e. The first-order valence-electron chi connectivity index (χ1n) is 7.78. The van der Waals surface area contributed by atoms with Crippen LogP contribution in [-0.2, 0) is 0 Å². The van der Waals surface area contributed by atoms with Crippen LogP contribution in [0.3, 0.4) is 0 Å². The minimum atomic E-state index is -0.146. The normalized spacial score (nSPS) is 14.7. The topological polar surface area (TPSA) is 66.9 Å². The van der Waals surface area contributed by atoms with Gasteiger partial charge < -0.3 is 10.6 Å². The molecule has 2 aromatic rings. The Hall–Kier alpha value is -1.95. The highest BCUT2D eigenvalue weighted by Gasteiger charge is 2.18. The number of hydrogen-bond acceptors (Lipinski definition) is 4. The number of amides is 1. The smallest absolute Gasteiger partial charge is 0.271 e. The Labute approximate surface area is 144 Å². The first-order valence-corrected chi connectivity index (χ1v) is 8.57. The van der Waals surface area contributed by atoms with E-state index in [4.69, 9.17) is 0 Å². The van der Waals surface area contributed by atoms with Gasteiger partial charge in [-0.3, -0.25) is 4.79 Å². The number of carbonyl (C=O) groups is 1. The van der Waals surface area contributed by atoms with Crippen molar-refractivity contribution in [2.45, 2.75) is 38.6 Å². The molecular formula is C17H19BrN4O. The van der Waals surface area contributed by atoms with Crippen LogP contribution in [0.2, 0.25) is 0 Å². The largest absolute Gasteiger partial charge is 0.348 e. The Morgan fingerprint density at radius 3 is 2.65 bits per heavy atom. The van der Waals surface area contributed by atoms with Gasteiger partial charge >= 0.3 is 0 Å². The van der Waals surface area contributed by atoms with E-state index in [9.17, 15) is 4.79 Å². The van der Waals surface area contributed by atoms with E-state index in [0.717, 1.165) is 23.0 Å². The molecule has 1 aliphatic carbocycles. The highest BCUT2D eigenvalue weighted by Crippen LogP contribution is 2.25. The number of carbonyl (C=O) groups excluding carboxylic acids is 1. The number of rotatable bonds is 4. The second kappa shape index (κ2) is 7.08. The van der Waals surface area contributed by atoms with Crippen molar-refractivity contribution in [3.8, 4) is 0 Å². The summed E-state index contributed by atoms with van der Waals surface area (Å²) in [5.41, 5.74) is 2.44. The molecule has 3 rings (SSSR count). The summed E-state index contributed by atoms with van der Waals surface area (Å²) in [5.74, 6) is 0.458. The van der Waals surface area contributed by atoms with Crippen LogP contribution >= 0.6 is 15.9 Å². The SMILES string of the molecule is Cc1ccc(Nc2cnc(C(=O)NC3CCCC3)cn2)c(Br)c1. The van der Waals surface area contributed by atoms with Gasteiger partial charge in [-0.1, -0.05) is 18.9 Å². The second-order valence-corrected chi connectivity index (χ2v) is 6.70. The number of anilines is 2. The molecule has 0 bridgehead atoms. The molecule has 0 radical (unpaired) electrons. The molecule has 1 aromatic heterocycles. The third kappa shape index (κ3) is 4.07. The molecular weight excluding hydrogens is 356 g/mol. The number of hydrogen-bond donors (Lipinski definition) is 2. The molecule has 1 aliphatic rings. The summed E-state index contributed by atoms with van der Waals surface area (Å²) in [4.78, 5) is 20.6. The van der Waals surface area contributed by atoms with Crippen LogP contribution in [0.15, 0.2) is 35.1 Å². The van der Waals surface area contributed by atoms with Crippen molar-refractivity contribution >= 4 is 33.3 Å². The summed E-state index contributed by atoms with van der Waals surface area (Å²) in [6.45, 7) is 2.03. The predicted octanol–water partition coefficient (Wildman–Crippen LogP) is 3.96. The lowest BCUT2D eigenvalue weighted by Crippen LogP contribution is -2.33. The third-order valence-electron chi connectivity index (χ3n) is 3.96. The van der Waals surface area contributed by atoms with Crippen molar-refractivity contribution < 1.29 is 4.79 Å². The average molecular weight is 375 g/mol. The molecule has 1 fully saturated rings. The Morgan fingerprint density at radius 2 is 2.00 bits per heavy atom. The fourth-order valence-corrected chi connectivity index (χ4v) is 3.29. The molecule has 1 saturated carbocycles. The van der Waals surface area contributed by atoms with Gasteiger partial charge in [-0.05, 0) is 53.4 Å². The molecule has 6 heteroatoms. The highest BCUT2D eigenvalue weighted by atomic mass is 79.9. The molecule has 1 heterocycles. The van der Waals surface area contributed by atoms with Gasteiger partial charge in [0, 0.05) is 10.5 Å². The van der Waals surface area contributed by atoms with E-state index in [2.05, 4.69) is 36.5 Å². The molecule has 0 unspecified atom stereocenters. The quantitative estimate of drug-likeness (QED) is 0.849. The van der Waals surface area contributed by atoms with E-state index >= 15 is 0 Å². The van der Waals surface area contributed by atoms with Gasteiger partial charge in [0.25, 0.3) is 5.91 Å². The van der Waals surface area contributed by atoms with Gasteiger partial charge in [-0.25, -0.2) is 9.97 Å². The molecule has 1 amide bonds. The number of nitrogens with zero attached hydrogens (tertiary/aromatic N) is 2. The maximum atomic E-state index is 12.1. The van der Waals surface area contributed by atoms with Crippen LogP contribution < -0.4 is 10.6 Å². The van der Waals surface area contributed by atoms with Crippen molar-refractivity contribution in [2.24, 2.45) is 0 Å². The molecule has 23 heavy (non-hydrogen) atoms. The summed E-state index contributed by atoms with van der Waals surface area (Å²) in [7, 11) is 0. The number of halogens is 1. The van der Waals surface area contributed by atoms with E-state index < -0.39 is 0 Å². The molecule has 0 spiro atoms. The van der Waals surface area contributed by atoms with Crippen LogP contribution in [0.5, 0.6) is 0 Å². The zero-order chi connectivity index (χ0) is 16.2. The number of benzene rings is 1. The summed E-state index contributed by atoms with van der Waals surface area (Å²) >= 11 is 3.52. The fourth-order valence-electron chi connectivity index (χ4n) is 2.70. The van der Waals surface area contributed by atoms with Gasteiger partial charge in [0.1, 0.15) is 11.5 Å². The van der Waals surface area contributed by atoms with Crippen molar-refractivity contribution in [1.82, 2.24) is 15.3 Å². The van der Waals surface area contributed by atoms with Crippen LogP contribution in [0.1, 0.15) is 41.7 Å². The first-order chi connectivity index (χ1) is 11.1. The van der Waals surface area contributed by atoms with Gasteiger partial charge in [-0.15, -0.1) is 0 Å². The molecule has 2 N–H and O–H groups in total. The Kier molecular flexibility index (Phi) is 4.91. The molecule has 0 aliphatic heterocycles. The summed E-state index contributed by atoms with van der Waals surface area (Å²) in [6, 6.07) is 6.30. The Balaban J connectivity index is 1.65. The van der Waals surface area contributed by atoms with Crippen molar-refractivity contribution in [1.29, 1.82) is 0 Å².